The van der Waals surface area contributed by atoms with Crippen LogP contribution in [-0.2, 0) is 0 Å². The van der Waals surface area contributed by atoms with Gasteiger partial charge in [-0.1, -0.05) is 5.46 Å². The van der Waals surface area contributed by atoms with Crippen LogP contribution in [0.1, 0.15) is 0 Å². The van der Waals surface area contributed by atoms with Crippen LogP contribution in [0.2, 0.25) is 0 Å². The number of hydrogen-bond donors (Lipinski definition) is 0. The van der Waals surface area contributed by atoms with Crippen molar-refractivity contribution in [2.75, 3.05) is 21.3 Å². The van der Waals surface area contributed by atoms with E-state index in [1.54, 1.807) is 33.5 Å². The lowest BCUT2D eigenvalue weighted by Gasteiger charge is -2.12. The van der Waals surface area contributed by atoms with E-state index in [0.29, 0.717) is 22.7 Å². The highest BCUT2D eigenvalue weighted by Gasteiger charge is 2.10. The van der Waals surface area contributed by atoms with Gasteiger partial charge in [0.25, 0.3) is 0 Å². The fourth-order valence-corrected chi connectivity index (χ4v) is 1.10. The van der Waals surface area contributed by atoms with Crippen molar-refractivity contribution in [3.05, 3.63) is 12.1 Å². The Balaban J connectivity index is 3.25. The Morgan fingerprint density at radius 1 is 0.923 bits per heavy atom. The summed E-state index contributed by atoms with van der Waals surface area (Å²) >= 11 is 0. The van der Waals surface area contributed by atoms with Gasteiger partial charge in [0.05, 0.1) is 21.3 Å². The first-order valence-electron chi connectivity index (χ1n) is 3.78. The van der Waals surface area contributed by atoms with Gasteiger partial charge < -0.3 is 14.2 Å². The third-order valence-corrected chi connectivity index (χ3v) is 1.69. The summed E-state index contributed by atoms with van der Waals surface area (Å²) in [5, 5.41) is 0. The van der Waals surface area contributed by atoms with Crippen LogP contribution in [0.25, 0.3) is 0 Å². The Bertz CT molecular complexity index is 274. The number of hydrogen-bond acceptors (Lipinski definition) is 3. The normalized spacial score (nSPS) is 9.46. The molecule has 0 atom stereocenters. The molecule has 0 aliphatic rings. The highest BCUT2D eigenvalue weighted by molar-refractivity contribution is 6.32. The largest absolute Gasteiger partial charge is 0.493 e. The van der Waals surface area contributed by atoms with Crippen LogP contribution in [0, 0.1) is 0 Å². The molecule has 0 aliphatic heterocycles. The fourth-order valence-electron chi connectivity index (χ4n) is 1.10. The maximum Gasteiger partial charge on any atom is 0.203 e. The number of rotatable bonds is 3. The Labute approximate surface area is 79.0 Å². The molecule has 0 saturated carbocycles. The summed E-state index contributed by atoms with van der Waals surface area (Å²) in [5.41, 5.74) is 0.578. The van der Waals surface area contributed by atoms with Crippen LogP contribution in [0.3, 0.4) is 0 Å². The molecule has 1 aromatic carbocycles. The molecule has 68 valence electrons. The Kier molecular flexibility index (Phi) is 3.06. The van der Waals surface area contributed by atoms with E-state index in [2.05, 4.69) is 0 Å². The number of ether oxygens (including phenoxy) is 3. The zero-order chi connectivity index (χ0) is 9.84. The third kappa shape index (κ3) is 1.88. The number of methoxy groups -OCH3 is 3. The van der Waals surface area contributed by atoms with Crippen molar-refractivity contribution in [3.8, 4) is 17.2 Å². The monoisotopic (exact) mass is 178 g/mol. The van der Waals surface area contributed by atoms with Gasteiger partial charge >= 0.3 is 0 Å². The van der Waals surface area contributed by atoms with Gasteiger partial charge in [0, 0.05) is 0 Å². The van der Waals surface area contributed by atoms with E-state index >= 15 is 0 Å². The zero-order valence-corrected chi connectivity index (χ0v) is 7.96. The summed E-state index contributed by atoms with van der Waals surface area (Å²) in [7, 11) is 10.3. The topological polar surface area (TPSA) is 27.7 Å². The van der Waals surface area contributed by atoms with E-state index in [-0.39, 0.29) is 0 Å². The van der Waals surface area contributed by atoms with Gasteiger partial charge in [-0.05, 0) is 12.1 Å². The lowest BCUT2D eigenvalue weighted by atomic mass is 9.95. The van der Waals surface area contributed by atoms with Gasteiger partial charge in [0.2, 0.25) is 5.75 Å². The maximum absolute atomic E-state index is 5.62. The highest BCUT2D eigenvalue weighted by Crippen LogP contribution is 2.35. The second-order valence-corrected chi connectivity index (χ2v) is 2.46. The summed E-state index contributed by atoms with van der Waals surface area (Å²) in [5.74, 6) is 1.69. The molecule has 0 saturated heterocycles. The van der Waals surface area contributed by atoms with E-state index in [0.717, 1.165) is 0 Å². The van der Waals surface area contributed by atoms with Crippen LogP contribution < -0.4 is 19.7 Å². The van der Waals surface area contributed by atoms with Crippen molar-refractivity contribution in [1.29, 1.82) is 0 Å². The van der Waals surface area contributed by atoms with Crippen LogP contribution in [-0.4, -0.2) is 29.2 Å². The predicted octanol–water partition coefficient (Wildman–Crippen LogP) is 0.506. The minimum atomic E-state index is 0.555. The average molecular weight is 178 g/mol. The quantitative estimate of drug-likeness (QED) is 0.631. The highest BCUT2D eigenvalue weighted by atomic mass is 16.5. The molecule has 3 nitrogen and oxygen atoms in total. The molecule has 0 bridgehead atoms. The molecule has 0 N–H and O–H groups in total. The summed E-state index contributed by atoms with van der Waals surface area (Å²) in [4.78, 5) is 0. The van der Waals surface area contributed by atoms with E-state index in [1.807, 2.05) is 0 Å². The predicted molar refractivity (Wildman–Crippen MR) is 51.5 cm³/mol. The lowest BCUT2D eigenvalue weighted by molar-refractivity contribution is 0.325. The molecule has 1 rings (SSSR count). The van der Waals surface area contributed by atoms with Gasteiger partial charge in [-0.2, -0.15) is 0 Å². The van der Waals surface area contributed by atoms with Gasteiger partial charge in [0.15, 0.2) is 11.5 Å². The Hall–Kier alpha value is -1.32. The van der Waals surface area contributed by atoms with Gasteiger partial charge in [-0.3, -0.25) is 0 Å². The smallest absolute Gasteiger partial charge is 0.203 e. The second kappa shape index (κ2) is 4.07. The molecule has 0 fully saturated rings. The third-order valence-electron chi connectivity index (χ3n) is 1.69. The van der Waals surface area contributed by atoms with Crippen LogP contribution in [0.4, 0.5) is 0 Å². The van der Waals surface area contributed by atoms with E-state index in [9.17, 15) is 0 Å². The maximum atomic E-state index is 5.62. The van der Waals surface area contributed by atoms with E-state index < -0.39 is 0 Å². The Morgan fingerprint density at radius 3 is 1.69 bits per heavy atom. The molecule has 13 heavy (non-hydrogen) atoms. The standard InChI is InChI=1S/C9H11BO3/c1-11-7-4-6(10)5-8(12-2)9(7)13-3/h4-5H,1-3H3. The fraction of sp³-hybridized carbons (Fsp3) is 0.333. The second-order valence-electron chi connectivity index (χ2n) is 2.46. The van der Waals surface area contributed by atoms with Gasteiger partial charge in [0.1, 0.15) is 7.85 Å². The van der Waals surface area contributed by atoms with E-state index in [4.69, 9.17) is 22.1 Å². The van der Waals surface area contributed by atoms with Crippen LogP contribution >= 0.6 is 0 Å². The van der Waals surface area contributed by atoms with Crippen molar-refractivity contribution in [1.82, 2.24) is 0 Å². The van der Waals surface area contributed by atoms with Crippen molar-refractivity contribution in [2.45, 2.75) is 0 Å². The first-order valence-corrected chi connectivity index (χ1v) is 3.78. The molecule has 2 radical (unpaired) electrons. The summed E-state index contributed by atoms with van der Waals surface area (Å²) in [6.07, 6.45) is 0. The molecule has 0 unspecified atom stereocenters. The molecule has 1 aromatic rings. The van der Waals surface area contributed by atoms with Gasteiger partial charge in [-0.25, -0.2) is 0 Å². The molecule has 0 amide bonds. The molecule has 0 heterocycles. The van der Waals surface area contributed by atoms with Crippen molar-refractivity contribution >= 4 is 13.3 Å². The minimum absolute atomic E-state index is 0.555. The summed E-state index contributed by atoms with van der Waals surface area (Å²) in [6.45, 7) is 0. The lowest BCUT2D eigenvalue weighted by Crippen LogP contribution is -2.05. The average Bonchev–Trinajstić information content (AvgIpc) is 2.16. The van der Waals surface area contributed by atoms with Crippen LogP contribution in [0.15, 0.2) is 12.1 Å². The van der Waals surface area contributed by atoms with Crippen LogP contribution in [0.5, 0.6) is 17.2 Å². The summed E-state index contributed by atoms with van der Waals surface area (Å²) < 4.78 is 15.3. The first-order chi connectivity index (χ1) is 6.22. The van der Waals surface area contributed by atoms with Gasteiger partial charge in [-0.15, -0.1) is 0 Å². The SMILES string of the molecule is [B]c1cc(OC)c(OC)c(OC)c1. The molecule has 0 aliphatic carbocycles. The first kappa shape index (κ1) is 9.77. The van der Waals surface area contributed by atoms with Crippen molar-refractivity contribution in [2.24, 2.45) is 0 Å². The van der Waals surface area contributed by atoms with Crippen molar-refractivity contribution < 1.29 is 14.2 Å². The molecule has 0 spiro atoms. The molecular formula is C9H11BO3. The Morgan fingerprint density at radius 2 is 1.38 bits per heavy atom. The molecule has 0 aromatic heterocycles. The summed E-state index contributed by atoms with van der Waals surface area (Å²) in [6, 6.07) is 3.36. The number of benzene rings is 1. The zero-order valence-electron chi connectivity index (χ0n) is 7.96. The van der Waals surface area contributed by atoms with Crippen molar-refractivity contribution in [3.63, 3.8) is 0 Å². The minimum Gasteiger partial charge on any atom is -0.493 e. The molecule has 4 heteroatoms. The van der Waals surface area contributed by atoms with E-state index in [1.165, 1.54) is 0 Å². The molecular weight excluding hydrogens is 167 g/mol.